The number of hydrogen-bond acceptors (Lipinski definition) is 3. The number of nitrogens with zero attached hydrogens (tertiary/aromatic N) is 1. The molecular weight excluding hydrogens is 289 g/mol. The van der Waals surface area contributed by atoms with E-state index in [1.807, 2.05) is 0 Å². The van der Waals surface area contributed by atoms with Gasteiger partial charge in [-0.25, -0.2) is 0 Å². The molecule has 0 aliphatic rings. The molecule has 0 heterocycles. The minimum absolute atomic E-state index is 0.147. The minimum atomic E-state index is -0.334. The topological polar surface area (TPSA) is 46.6 Å². The number of carbonyl (C=O) groups is 2. The summed E-state index contributed by atoms with van der Waals surface area (Å²) in [7, 11) is 1.60. The van der Waals surface area contributed by atoms with Crippen molar-refractivity contribution in [3.8, 4) is 0 Å². The van der Waals surface area contributed by atoms with Gasteiger partial charge in [-0.05, 0) is 25.1 Å². The van der Waals surface area contributed by atoms with Gasteiger partial charge in [0.05, 0.1) is 23.6 Å². The number of esters is 1. The van der Waals surface area contributed by atoms with Gasteiger partial charge in [-0.1, -0.05) is 23.2 Å². The molecule has 19 heavy (non-hydrogen) atoms. The normalized spacial score (nSPS) is 10.1. The zero-order chi connectivity index (χ0) is 14.4. The van der Waals surface area contributed by atoms with Gasteiger partial charge in [0.2, 0.25) is 0 Å². The summed E-state index contributed by atoms with van der Waals surface area (Å²) in [6.45, 7) is 2.33. The van der Waals surface area contributed by atoms with Crippen LogP contribution >= 0.6 is 23.2 Å². The van der Waals surface area contributed by atoms with Crippen molar-refractivity contribution in [2.24, 2.45) is 0 Å². The first-order valence-corrected chi connectivity index (χ1v) is 6.57. The lowest BCUT2D eigenvalue weighted by Crippen LogP contribution is -2.29. The van der Waals surface area contributed by atoms with Crippen LogP contribution in [0.1, 0.15) is 23.7 Å². The monoisotopic (exact) mass is 303 g/mol. The molecule has 0 bridgehead atoms. The summed E-state index contributed by atoms with van der Waals surface area (Å²) in [5.74, 6) is -0.615. The molecule has 0 radical (unpaired) electrons. The second-order valence-corrected chi connectivity index (χ2v) is 4.75. The minimum Gasteiger partial charge on any atom is -0.466 e. The summed E-state index contributed by atoms with van der Waals surface area (Å²) < 4.78 is 4.80. The summed E-state index contributed by atoms with van der Waals surface area (Å²) in [6, 6.07) is 4.68. The van der Waals surface area contributed by atoms with Crippen LogP contribution in [0.3, 0.4) is 0 Å². The maximum absolute atomic E-state index is 12.1. The van der Waals surface area contributed by atoms with Crippen molar-refractivity contribution in [3.63, 3.8) is 0 Å². The molecular formula is C13H15Cl2NO3. The van der Waals surface area contributed by atoms with Crippen LogP contribution < -0.4 is 0 Å². The third kappa shape index (κ3) is 4.73. The number of halogens is 2. The predicted molar refractivity (Wildman–Crippen MR) is 74.7 cm³/mol. The largest absolute Gasteiger partial charge is 0.466 e. The summed E-state index contributed by atoms with van der Waals surface area (Å²) in [4.78, 5) is 24.8. The highest BCUT2D eigenvalue weighted by molar-refractivity contribution is 6.35. The van der Waals surface area contributed by atoms with Gasteiger partial charge in [0.25, 0.3) is 5.91 Å². The van der Waals surface area contributed by atoms with E-state index in [0.29, 0.717) is 22.2 Å². The van der Waals surface area contributed by atoms with E-state index >= 15 is 0 Å². The van der Waals surface area contributed by atoms with Crippen molar-refractivity contribution in [2.75, 3.05) is 20.2 Å². The lowest BCUT2D eigenvalue weighted by atomic mass is 10.2. The SMILES string of the molecule is CCOC(=O)CCN(C)C(=O)c1cc(Cl)ccc1Cl. The van der Waals surface area contributed by atoms with Crippen LogP contribution in [0.15, 0.2) is 18.2 Å². The third-order valence-corrected chi connectivity index (χ3v) is 3.03. The van der Waals surface area contributed by atoms with Crippen LogP contribution in [-0.4, -0.2) is 37.0 Å². The lowest BCUT2D eigenvalue weighted by Gasteiger charge is -2.17. The smallest absolute Gasteiger partial charge is 0.307 e. The van der Waals surface area contributed by atoms with Crippen molar-refractivity contribution in [3.05, 3.63) is 33.8 Å². The Hall–Kier alpha value is -1.26. The zero-order valence-corrected chi connectivity index (χ0v) is 12.3. The van der Waals surface area contributed by atoms with E-state index in [4.69, 9.17) is 27.9 Å². The second kappa shape index (κ2) is 7.36. The van der Waals surface area contributed by atoms with Crippen LogP contribution in [0.25, 0.3) is 0 Å². The molecule has 4 nitrogen and oxygen atoms in total. The standard InChI is InChI=1S/C13H15Cl2NO3/c1-3-19-12(17)6-7-16(2)13(18)10-8-9(14)4-5-11(10)15/h4-5,8H,3,6-7H2,1-2H3. The molecule has 0 atom stereocenters. The Bertz CT molecular complexity index is 477. The fraction of sp³-hybridized carbons (Fsp3) is 0.385. The summed E-state index contributed by atoms with van der Waals surface area (Å²) >= 11 is 11.8. The van der Waals surface area contributed by atoms with Crippen molar-refractivity contribution in [2.45, 2.75) is 13.3 Å². The molecule has 104 valence electrons. The number of amides is 1. The molecule has 0 saturated carbocycles. The Kier molecular flexibility index (Phi) is 6.12. The Morgan fingerprint density at radius 1 is 1.32 bits per heavy atom. The highest BCUT2D eigenvalue weighted by atomic mass is 35.5. The maximum Gasteiger partial charge on any atom is 0.307 e. The lowest BCUT2D eigenvalue weighted by molar-refractivity contribution is -0.143. The molecule has 0 aliphatic carbocycles. The Morgan fingerprint density at radius 2 is 2.00 bits per heavy atom. The molecule has 0 fully saturated rings. The highest BCUT2D eigenvalue weighted by Gasteiger charge is 2.16. The van der Waals surface area contributed by atoms with Crippen LogP contribution in [0.4, 0.5) is 0 Å². The van der Waals surface area contributed by atoms with E-state index in [9.17, 15) is 9.59 Å². The number of rotatable bonds is 5. The van der Waals surface area contributed by atoms with E-state index in [0.717, 1.165) is 0 Å². The van der Waals surface area contributed by atoms with Gasteiger partial charge < -0.3 is 9.64 Å². The summed E-state index contributed by atoms with van der Waals surface area (Å²) in [6.07, 6.45) is 0.147. The van der Waals surface area contributed by atoms with Crippen LogP contribution in [0, 0.1) is 0 Å². The molecule has 1 rings (SSSR count). The first-order valence-electron chi connectivity index (χ1n) is 5.81. The van der Waals surface area contributed by atoms with Crippen molar-refractivity contribution >= 4 is 35.1 Å². The van der Waals surface area contributed by atoms with Gasteiger partial charge in [-0.3, -0.25) is 9.59 Å². The first-order chi connectivity index (χ1) is 8.95. The van der Waals surface area contributed by atoms with Gasteiger partial charge in [-0.15, -0.1) is 0 Å². The van der Waals surface area contributed by atoms with Gasteiger partial charge in [-0.2, -0.15) is 0 Å². The summed E-state index contributed by atoms with van der Waals surface area (Å²) in [5, 5.41) is 0.768. The molecule has 0 unspecified atom stereocenters. The molecule has 0 aromatic heterocycles. The maximum atomic E-state index is 12.1. The molecule has 1 aromatic carbocycles. The molecule has 0 spiro atoms. The second-order valence-electron chi connectivity index (χ2n) is 3.91. The van der Waals surface area contributed by atoms with E-state index < -0.39 is 0 Å². The molecule has 6 heteroatoms. The quantitative estimate of drug-likeness (QED) is 0.786. The third-order valence-electron chi connectivity index (χ3n) is 2.46. The fourth-order valence-corrected chi connectivity index (χ4v) is 1.83. The highest BCUT2D eigenvalue weighted by Crippen LogP contribution is 2.21. The predicted octanol–water partition coefficient (Wildman–Crippen LogP) is 3.02. The van der Waals surface area contributed by atoms with Gasteiger partial charge in [0, 0.05) is 18.6 Å². The van der Waals surface area contributed by atoms with Crippen molar-refractivity contribution < 1.29 is 14.3 Å². The van der Waals surface area contributed by atoms with E-state index in [1.165, 1.54) is 11.0 Å². The van der Waals surface area contributed by atoms with Gasteiger partial charge in [0.15, 0.2) is 0 Å². The fourth-order valence-electron chi connectivity index (χ4n) is 1.46. The van der Waals surface area contributed by atoms with Crippen molar-refractivity contribution in [1.29, 1.82) is 0 Å². The number of hydrogen-bond donors (Lipinski definition) is 0. The molecule has 1 aromatic rings. The number of ether oxygens (including phenoxy) is 1. The van der Waals surface area contributed by atoms with Crippen LogP contribution in [-0.2, 0) is 9.53 Å². The zero-order valence-electron chi connectivity index (χ0n) is 10.8. The molecule has 0 N–H and O–H groups in total. The van der Waals surface area contributed by atoms with E-state index in [-0.39, 0.29) is 24.8 Å². The van der Waals surface area contributed by atoms with Crippen LogP contribution in [0.2, 0.25) is 10.0 Å². The van der Waals surface area contributed by atoms with E-state index in [2.05, 4.69) is 0 Å². The average molecular weight is 304 g/mol. The summed E-state index contributed by atoms with van der Waals surface area (Å²) in [5.41, 5.74) is 0.320. The number of benzene rings is 1. The van der Waals surface area contributed by atoms with Gasteiger partial charge in [0.1, 0.15) is 0 Å². The average Bonchev–Trinajstić information content (AvgIpc) is 2.38. The first kappa shape index (κ1) is 15.8. The van der Waals surface area contributed by atoms with Gasteiger partial charge >= 0.3 is 5.97 Å². The number of carbonyl (C=O) groups excluding carboxylic acids is 2. The molecule has 1 amide bonds. The molecule has 0 aliphatic heterocycles. The van der Waals surface area contributed by atoms with E-state index in [1.54, 1.807) is 26.1 Å². The Labute approximate surface area is 122 Å². The Morgan fingerprint density at radius 3 is 2.63 bits per heavy atom. The van der Waals surface area contributed by atoms with Crippen LogP contribution in [0.5, 0.6) is 0 Å². The van der Waals surface area contributed by atoms with Crippen molar-refractivity contribution in [1.82, 2.24) is 4.90 Å². The Balaban J connectivity index is 2.66. The molecule has 0 saturated heterocycles.